The quantitative estimate of drug-likeness (QED) is 0.903. The van der Waals surface area contributed by atoms with Crippen molar-refractivity contribution in [1.29, 1.82) is 0 Å². The summed E-state index contributed by atoms with van der Waals surface area (Å²) in [4.78, 5) is 11.9. The second-order valence-electron chi connectivity index (χ2n) is 5.34. The van der Waals surface area contributed by atoms with Crippen LogP contribution in [0.25, 0.3) is 0 Å². The first-order valence-corrected chi connectivity index (χ1v) is 8.68. The average molecular weight is 294 g/mol. The van der Waals surface area contributed by atoms with Crippen LogP contribution in [0.3, 0.4) is 0 Å². The Morgan fingerprint density at radius 2 is 2.15 bits per heavy atom. The summed E-state index contributed by atoms with van der Waals surface area (Å²) in [5, 5.41) is 4.12. The van der Waals surface area contributed by atoms with E-state index in [9.17, 15) is 0 Å². The number of aromatic nitrogens is 2. The van der Waals surface area contributed by atoms with Gasteiger partial charge in [0.15, 0.2) is 0 Å². The maximum Gasteiger partial charge on any atom is 0.137 e. The number of hydrogen-bond donors (Lipinski definition) is 1. The third kappa shape index (κ3) is 3.57. The molecule has 0 aromatic carbocycles. The maximum absolute atomic E-state index is 4.78. The van der Waals surface area contributed by atoms with Gasteiger partial charge in [0.05, 0.1) is 0 Å². The highest BCUT2D eigenvalue weighted by Crippen LogP contribution is 2.28. The fourth-order valence-electron chi connectivity index (χ4n) is 2.44. The molecule has 1 aromatic heterocycles. The van der Waals surface area contributed by atoms with Crippen LogP contribution in [-0.2, 0) is 6.42 Å². The van der Waals surface area contributed by atoms with E-state index < -0.39 is 0 Å². The molecule has 0 amide bonds. The largest absolute Gasteiger partial charge is 0.370 e. The molecule has 1 saturated heterocycles. The van der Waals surface area contributed by atoms with Gasteiger partial charge >= 0.3 is 0 Å². The smallest absolute Gasteiger partial charge is 0.137 e. The van der Waals surface area contributed by atoms with Crippen LogP contribution in [0.1, 0.15) is 38.6 Å². The van der Waals surface area contributed by atoms with Gasteiger partial charge in [-0.05, 0) is 13.3 Å². The van der Waals surface area contributed by atoms with Gasteiger partial charge in [-0.2, -0.15) is 11.8 Å². The Morgan fingerprint density at radius 3 is 2.80 bits per heavy atom. The van der Waals surface area contributed by atoms with Crippen molar-refractivity contribution < 1.29 is 0 Å². The van der Waals surface area contributed by atoms with Crippen molar-refractivity contribution in [3.63, 3.8) is 0 Å². The molecule has 1 aromatic rings. The van der Waals surface area contributed by atoms with Crippen molar-refractivity contribution in [2.75, 3.05) is 35.6 Å². The van der Waals surface area contributed by atoms with Crippen LogP contribution < -0.4 is 10.2 Å². The number of anilines is 2. The normalized spacial score (nSPS) is 19.2. The molecular formula is C15H26N4S. The molecule has 1 fully saturated rings. The summed E-state index contributed by atoms with van der Waals surface area (Å²) in [5.41, 5.74) is 1.19. The summed E-state index contributed by atoms with van der Waals surface area (Å²) in [6.45, 7) is 11.9. The highest BCUT2D eigenvalue weighted by molar-refractivity contribution is 8.00. The first-order valence-electron chi connectivity index (χ1n) is 7.63. The molecule has 1 atom stereocenters. The van der Waals surface area contributed by atoms with Crippen LogP contribution in [0.5, 0.6) is 0 Å². The van der Waals surface area contributed by atoms with Gasteiger partial charge in [-0.3, -0.25) is 0 Å². The lowest BCUT2D eigenvalue weighted by Gasteiger charge is -2.33. The predicted octanol–water partition coefficient (Wildman–Crippen LogP) is 3.11. The number of rotatable bonds is 5. The van der Waals surface area contributed by atoms with Crippen molar-refractivity contribution in [3.8, 4) is 0 Å². The van der Waals surface area contributed by atoms with Crippen molar-refractivity contribution in [2.45, 2.75) is 45.8 Å². The van der Waals surface area contributed by atoms with E-state index in [0.717, 1.165) is 49.9 Å². The van der Waals surface area contributed by atoms with Crippen LogP contribution in [0.15, 0.2) is 0 Å². The van der Waals surface area contributed by atoms with Crippen molar-refractivity contribution >= 4 is 23.4 Å². The zero-order valence-corrected chi connectivity index (χ0v) is 13.9. The number of hydrogen-bond acceptors (Lipinski definition) is 5. The maximum atomic E-state index is 4.78. The fourth-order valence-corrected chi connectivity index (χ4v) is 3.46. The Morgan fingerprint density at radius 1 is 1.35 bits per heavy atom. The molecule has 20 heavy (non-hydrogen) atoms. The van der Waals surface area contributed by atoms with E-state index in [2.05, 4.69) is 42.9 Å². The Bertz CT molecular complexity index is 450. The third-order valence-corrected chi connectivity index (χ3v) is 4.70. The lowest BCUT2D eigenvalue weighted by molar-refractivity contribution is 0.756. The monoisotopic (exact) mass is 294 g/mol. The van der Waals surface area contributed by atoms with Crippen LogP contribution in [-0.4, -0.2) is 40.6 Å². The standard InChI is InChI=1S/C15H26N4S/c1-5-7-16-14-12(4)15(18-13(6-2)17-14)19-8-9-20-11(3)10-19/h11H,5-10H2,1-4H3,(H,16,17,18). The fraction of sp³-hybridized carbons (Fsp3) is 0.733. The number of thioether (sulfide) groups is 1. The second-order valence-corrected chi connectivity index (χ2v) is 6.89. The van der Waals surface area contributed by atoms with E-state index in [1.54, 1.807) is 0 Å². The van der Waals surface area contributed by atoms with Crippen LogP contribution in [0.2, 0.25) is 0 Å². The highest BCUT2D eigenvalue weighted by Gasteiger charge is 2.21. The molecule has 0 saturated carbocycles. The van der Waals surface area contributed by atoms with Crippen molar-refractivity contribution in [3.05, 3.63) is 11.4 Å². The topological polar surface area (TPSA) is 41.1 Å². The summed E-state index contributed by atoms with van der Waals surface area (Å²) in [6, 6.07) is 0. The van der Waals surface area contributed by atoms with Crippen molar-refractivity contribution in [1.82, 2.24) is 9.97 Å². The molecule has 5 heteroatoms. The summed E-state index contributed by atoms with van der Waals surface area (Å²) in [7, 11) is 0. The first kappa shape index (κ1) is 15.4. The van der Waals surface area contributed by atoms with Crippen LogP contribution in [0.4, 0.5) is 11.6 Å². The molecule has 0 aliphatic carbocycles. The Balaban J connectivity index is 2.30. The summed E-state index contributed by atoms with van der Waals surface area (Å²) >= 11 is 2.05. The lowest BCUT2D eigenvalue weighted by atomic mass is 10.2. The van der Waals surface area contributed by atoms with Gasteiger partial charge in [-0.15, -0.1) is 0 Å². The zero-order chi connectivity index (χ0) is 14.5. The van der Waals surface area contributed by atoms with Crippen LogP contribution >= 0.6 is 11.8 Å². The molecule has 0 spiro atoms. The third-order valence-electron chi connectivity index (χ3n) is 3.57. The molecule has 0 bridgehead atoms. The Kier molecular flexibility index (Phi) is 5.52. The van der Waals surface area contributed by atoms with Gasteiger partial charge < -0.3 is 10.2 Å². The van der Waals surface area contributed by atoms with E-state index in [0.29, 0.717) is 5.25 Å². The van der Waals surface area contributed by atoms with Gasteiger partial charge in [0.2, 0.25) is 0 Å². The molecule has 1 N–H and O–H groups in total. The molecule has 1 unspecified atom stereocenters. The molecule has 4 nitrogen and oxygen atoms in total. The van der Waals surface area contributed by atoms with E-state index in [1.165, 1.54) is 11.3 Å². The van der Waals surface area contributed by atoms with Gasteiger partial charge in [0, 0.05) is 42.6 Å². The number of aryl methyl sites for hydroxylation is 1. The molecule has 2 heterocycles. The minimum atomic E-state index is 0.676. The van der Waals surface area contributed by atoms with Gasteiger partial charge in [0.25, 0.3) is 0 Å². The lowest BCUT2D eigenvalue weighted by Crippen LogP contribution is -2.38. The van der Waals surface area contributed by atoms with E-state index in [4.69, 9.17) is 4.98 Å². The second kappa shape index (κ2) is 7.16. The van der Waals surface area contributed by atoms with E-state index in [-0.39, 0.29) is 0 Å². The minimum Gasteiger partial charge on any atom is -0.370 e. The zero-order valence-electron chi connectivity index (χ0n) is 13.1. The molecular weight excluding hydrogens is 268 g/mol. The summed E-state index contributed by atoms with van der Waals surface area (Å²) in [6.07, 6.45) is 1.99. The first-order chi connectivity index (χ1) is 9.65. The van der Waals surface area contributed by atoms with Gasteiger partial charge in [-0.25, -0.2) is 9.97 Å². The molecule has 1 aliphatic rings. The summed E-state index contributed by atoms with van der Waals surface area (Å²) in [5.74, 6) is 4.27. The number of nitrogens with zero attached hydrogens (tertiary/aromatic N) is 3. The Hall–Kier alpha value is -0.970. The van der Waals surface area contributed by atoms with E-state index in [1.807, 2.05) is 11.8 Å². The predicted molar refractivity (Wildman–Crippen MR) is 89.1 cm³/mol. The van der Waals surface area contributed by atoms with Crippen LogP contribution in [0, 0.1) is 6.92 Å². The Labute approximate surface area is 126 Å². The van der Waals surface area contributed by atoms with E-state index >= 15 is 0 Å². The minimum absolute atomic E-state index is 0.676. The summed E-state index contributed by atoms with van der Waals surface area (Å²) < 4.78 is 0. The average Bonchev–Trinajstić information content (AvgIpc) is 2.46. The SMILES string of the molecule is CCCNc1nc(CC)nc(N2CCSC(C)C2)c1C. The molecule has 1 aliphatic heterocycles. The number of nitrogens with one attached hydrogen (secondary N) is 1. The highest BCUT2D eigenvalue weighted by atomic mass is 32.2. The molecule has 2 rings (SSSR count). The molecule has 0 radical (unpaired) electrons. The van der Waals surface area contributed by atoms with Gasteiger partial charge in [-0.1, -0.05) is 20.8 Å². The van der Waals surface area contributed by atoms with Gasteiger partial charge in [0.1, 0.15) is 17.5 Å². The van der Waals surface area contributed by atoms with Crippen molar-refractivity contribution in [2.24, 2.45) is 0 Å². The molecule has 112 valence electrons.